The van der Waals surface area contributed by atoms with Crippen LogP contribution in [0.4, 0.5) is 0 Å². The van der Waals surface area contributed by atoms with E-state index in [0.717, 1.165) is 38.6 Å². The van der Waals surface area contributed by atoms with Gasteiger partial charge in [0.2, 0.25) is 0 Å². The molecule has 2 N–H and O–H groups in total. The first-order valence-corrected chi connectivity index (χ1v) is 7.51. The summed E-state index contributed by atoms with van der Waals surface area (Å²) in [5.74, 6) is 0.611. The van der Waals surface area contributed by atoms with Gasteiger partial charge in [-0.3, -0.25) is 9.48 Å². The number of hydrogen-bond acceptors (Lipinski definition) is 4. The van der Waals surface area contributed by atoms with E-state index >= 15 is 0 Å². The second-order valence-electron chi connectivity index (χ2n) is 5.81. The van der Waals surface area contributed by atoms with Crippen LogP contribution < -0.4 is 10.5 Å². The molecule has 0 aliphatic heterocycles. The van der Waals surface area contributed by atoms with E-state index in [0.29, 0.717) is 17.9 Å². The number of ketones is 1. The summed E-state index contributed by atoms with van der Waals surface area (Å²) in [4.78, 5) is 12.6. The predicted molar refractivity (Wildman–Crippen MR) is 78.0 cm³/mol. The van der Waals surface area contributed by atoms with Crippen LogP contribution in [0.15, 0.2) is 6.20 Å². The topological polar surface area (TPSA) is 70.1 Å². The molecule has 0 bridgehead atoms. The van der Waals surface area contributed by atoms with Crippen molar-refractivity contribution in [1.29, 1.82) is 0 Å². The van der Waals surface area contributed by atoms with Gasteiger partial charge in [0.25, 0.3) is 0 Å². The van der Waals surface area contributed by atoms with Crippen LogP contribution in [0.1, 0.15) is 62.4 Å². The van der Waals surface area contributed by atoms with Gasteiger partial charge in [-0.05, 0) is 19.3 Å². The molecule has 1 aromatic heterocycles. The molecule has 0 saturated heterocycles. The maximum absolute atomic E-state index is 12.6. The molecule has 5 nitrogen and oxygen atoms in total. The SMILES string of the molecule is CCCn1ncc(OC)c1C(=O)CC1(N)CCCCC1. The molecule has 1 aliphatic rings. The van der Waals surface area contributed by atoms with E-state index in [1.54, 1.807) is 18.0 Å². The summed E-state index contributed by atoms with van der Waals surface area (Å²) >= 11 is 0. The number of aryl methyl sites for hydroxylation is 1. The van der Waals surface area contributed by atoms with Crippen LogP contribution in [0.2, 0.25) is 0 Å². The van der Waals surface area contributed by atoms with Crippen molar-refractivity contribution in [3.05, 3.63) is 11.9 Å². The van der Waals surface area contributed by atoms with Crippen LogP contribution in [0.25, 0.3) is 0 Å². The molecule has 1 heterocycles. The van der Waals surface area contributed by atoms with Crippen LogP contribution >= 0.6 is 0 Å². The summed E-state index contributed by atoms with van der Waals surface area (Å²) in [7, 11) is 1.57. The van der Waals surface area contributed by atoms with E-state index in [4.69, 9.17) is 10.5 Å². The Morgan fingerprint density at radius 3 is 2.75 bits per heavy atom. The summed E-state index contributed by atoms with van der Waals surface area (Å²) in [6, 6.07) is 0. The van der Waals surface area contributed by atoms with Crippen molar-refractivity contribution in [2.45, 2.75) is 64.0 Å². The largest absolute Gasteiger partial charge is 0.493 e. The van der Waals surface area contributed by atoms with Crippen molar-refractivity contribution in [2.75, 3.05) is 7.11 Å². The number of nitrogens with two attached hydrogens (primary N) is 1. The second kappa shape index (κ2) is 6.39. The molecular formula is C15H25N3O2. The molecular weight excluding hydrogens is 254 g/mol. The lowest BCUT2D eigenvalue weighted by Crippen LogP contribution is -2.43. The number of aromatic nitrogens is 2. The number of carbonyl (C=O) groups excluding carboxylic acids is 1. The van der Waals surface area contributed by atoms with Gasteiger partial charge >= 0.3 is 0 Å². The average Bonchev–Trinajstić information content (AvgIpc) is 2.82. The molecule has 1 fully saturated rings. The lowest BCUT2D eigenvalue weighted by Gasteiger charge is -2.32. The Hall–Kier alpha value is -1.36. The van der Waals surface area contributed by atoms with Crippen molar-refractivity contribution in [2.24, 2.45) is 5.73 Å². The Bertz CT molecular complexity index is 462. The molecule has 0 aromatic carbocycles. The van der Waals surface area contributed by atoms with E-state index in [1.807, 2.05) is 0 Å². The van der Waals surface area contributed by atoms with E-state index < -0.39 is 0 Å². The average molecular weight is 279 g/mol. The van der Waals surface area contributed by atoms with Crippen molar-refractivity contribution >= 4 is 5.78 Å². The van der Waals surface area contributed by atoms with Gasteiger partial charge in [-0.2, -0.15) is 5.10 Å². The normalized spacial score (nSPS) is 17.9. The summed E-state index contributed by atoms with van der Waals surface area (Å²) in [5, 5.41) is 4.24. The van der Waals surface area contributed by atoms with Crippen LogP contribution in [0.3, 0.4) is 0 Å². The molecule has 0 radical (unpaired) electrons. The fourth-order valence-electron chi connectivity index (χ4n) is 3.02. The van der Waals surface area contributed by atoms with Crippen molar-refractivity contribution < 1.29 is 9.53 Å². The summed E-state index contributed by atoms with van der Waals surface area (Å²) in [5.41, 5.74) is 6.62. The monoisotopic (exact) mass is 279 g/mol. The minimum Gasteiger partial charge on any atom is -0.493 e. The number of carbonyl (C=O) groups is 1. The molecule has 1 saturated carbocycles. The Balaban J connectivity index is 2.17. The van der Waals surface area contributed by atoms with E-state index in [9.17, 15) is 4.79 Å². The van der Waals surface area contributed by atoms with Gasteiger partial charge in [0, 0.05) is 18.5 Å². The summed E-state index contributed by atoms with van der Waals surface area (Å²) in [6.45, 7) is 2.79. The zero-order chi connectivity index (χ0) is 14.6. The van der Waals surface area contributed by atoms with Gasteiger partial charge in [0.1, 0.15) is 5.69 Å². The first kappa shape index (κ1) is 15.0. The van der Waals surface area contributed by atoms with Gasteiger partial charge in [0.05, 0.1) is 13.3 Å². The fourth-order valence-corrected chi connectivity index (χ4v) is 3.02. The predicted octanol–water partition coefficient (Wildman–Crippen LogP) is 2.54. The fraction of sp³-hybridized carbons (Fsp3) is 0.733. The van der Waals surface area contributed by atoms with Crippen molar-refractivity contribution in [3.63, 3.8) is 0 Å². The molecule has 0 atom stereocenters. The minimum absolute atomic E-state index is 0.0530. The first-order valence-electron chi connectivity index (χ1n) is 7.51. The first-order chi connectivity index (χ1) is 9.59. The zero-order valence-corrected chi connectivity index (χ0v) is 12.5. The summed E-state index contributed by atoms with van der Waals surface area (Å²) in [6.07, 6.45) is 8.27. The number of methoxy groups -OCH3 is 1. The molecule has 0 amide bonds. The molecule has 1 aliphatic carbocycles. The van der Waals surface area contributed by atoms with Gasteiger partial charge < -0.3 is 10.5 Å². The Morgan fingerprint density at radius 1 is 1.45 bits per heavy atom. The van der Waals surface area contributed by atoms with Crippen molar-refractivity contribution in [1.82, 2.24) is 9.78 Å². The highest BCUT2D eigenvalue weighted by Crippen LogP contribution is 2.31. The van der Waals surface area contributed by atoms with Gasteiger partial charge in [0.15, 0.2) is 11.5 Å². The molecule has 0 spiro atoms. The number of rotatable bonds is 6. The maximum Gasteiger partial charge on any atom is 0.186 e. The highest BCUT2D eigenvalue weighted by atomic mass is 16.5. The molecule has 2 rings (SSSR count). The van der Waals surface area contributed by atoms with Crippen LogP contribution in [0.5, 0.6) is 5.75 Å². The smallest absolute Gasteiger partial charge is 0.186 e. The molecule has 112 valence electrons. The minimum atomic E-state index is -0.346. The summed E-state index contributed by atoms with van der Waals surface area (Å²) < 4.78 is 7.01. The Morgan fingerprint density at radius 2 is 2.15 bits per heavy atom. The van der Waals surface area contributed by atoms with Crippen LogP contribution in [-0.4, -0.2) is 28.2 Å². The van der Waals surface area contributed by atoms with Crippen LogP contribution in [-0.2, 0) is 6.54 Å². The van der Waals surface area contributed by atoms with Gasteiger partial charge in [-0.15, -0.1) is 0 Å². The highest BCUT2D eigenvalue weighted by molar-refractivity contribution is 5.97. The lowest BCUT2D eigenvalue weighted by atomic mass is 9.79. The third kappa shape index (κ3) is 3.20. The number of nitrogens with zero attached hydrogens (tertiary/aromatic N) is 2. The highest BCUT2D eigenvalue weighted by Gasteiger charge is 2.32. The Kier molecular flexibility index (Phi) is 4.81. The molecule has 1 aromatic rings. The zero-order valence-electron chi connectivity index (χ0n) is 12.5. The molecule has 0 unspecified atom stereocenters. The Labute approximate surface area is 120 Å². The second-order valence-corrected chi connectivity index (χ2v) is 5.81. The molecule has 20 heavy (non-hydrogen) atoms. The standard InChI is InChI=1S/C15H25N3O2/c1-3-9-18-14(13(20-2)11-17-18)12(19)10-15(16)7-5-4-6-8-15/h11H,3-10,16H2,1-2H3. The third-order valence-electron chi connectivity index (χ3n) is 4.09. The third-order valence-corrected chi connectivity index (χ3v) is 4.09. The van der Waals surface area contributed by atoms with Gasteiger partial charge in [-0.25, -0.2) is 0 Å². The van der Waals surface area contributed by atoms with Crippen molar-refractivity contribution in [3.8, 4) is 5.75 Å². The van der Waals surface area contributed by atoms with Crippen LogP contribution in [0, 0.1) is 0 Å². The molecule has 5 heteroatoms. The number of ether oxygens (including phenoxy) is 1. The quantitative estimate of drug-likeness (QED) is 0.812. The van der Waals surface area contributed by atoms with E-state index in [1.165, 1.54) is 6.42 Å². The number of hydrogen-bond donors (Lipinski definition) is 1. The van der Waals surface area contributed by atoms with E-state index in [2.05, 4.69) is 12.0 Å². The number of Topliss-reactive ketones (excluding diaryl/α,β-unsaturated/α-hetero) is 1. The van der Waals surface area contributed by atoms with Gasteiger partial charge in [-0.1, -0.05) is 26.2 Å². The maximum atomic E-state index is 12.6. The van der Waals surface area contributed by atoms with E-state index in [-0.39, 0.29) is 11.3 Å². The lowest BCUT2D eigenvalue weighted by molar-refractivity contribution is 0.0920.